The molecule has 3 aromatic rings. The molecule has 1 heterocycles. The highest BCUT2D eigenvalue weighted by atomic mass is 35.5. The zero-order valence-electron chi connectivity index (χ0n) is 12.7. The Kier molecular flexibility index (Phi) is 5.04. The Morgan fingerprint density at radius 3 is 2.36 bits per heavy atom. The van der Waals surface area contributed by atoms with Crippen molar-refractivity contribution in [2.75, 3.05) is 0 Å². The number of carboxylic acid groups (broad SMARTS) is 1. The number of benzene rings is 2. The van der Waals surface area contributed by atoms with E-state index in [0.717, 1.165) is 10.9 Å². The number of halogens is 3. The van der Waals surface area contributed by atoms with Crippen LogP contribution in [0.15, 0.2) is 42.6 Å². The average Bonchev–Trinajstić information content (AvgIpc) is 2.95. The number of carbonyl (C=O) groups excluding carboxylic acids is 1. The van der Waals surface area contributed by atoms with E-state index in [-0.39, 0.29) is 22.0 Å². The van der Waals surface area contributed by atoms with Gasteiger partial charge in [-0.15, -0.1) is 0 Å². The van der Waals surface area contributed by atoms with E-state index in [9.17, 15) is 14.7 Å². The number of rotatable bonds is 5. The number of aliphatic carboxylic acids is 1. The van der Waals surface area contributed by atoms with Crippen LogP contribution in [0.25, 0.3) is 10.9 Å². The number of carboxylic acids is 1. The van der Waals surface area contributed by atoms with Gasteiger partial charge in [0, 0.05) is 28.5 Å². The van der Waals surface area contributed by atoms with Gasteiger partial charge in [-0.25, -0.2) is 0 Å². The molecule has 0 saturated heterocycles. The summed E-state index contributed by atoms with van der Waals surface area (Å²) in [6, 6.07) is 10.1. The Hall–Kier alpha value is -2.01. The van der Waals surface area contributed by atoms with Gasteiger partial charge in [0.1, 0.15) is 0 Å². The topological polar surface area (TPSA) is 70.2 Å². The van der Waals surface area contributed by atoms with Gasteiger partial charge >= 0.3 is 5.97 Å². The van der Waals surface area contributed by atoms with Crippen LogP contribution in [0.5, 0.6) is 0 Å². The molecule has 0 aliphatic rings. The Bertz CT molecular complexity index is 958. The molecule has 0 aliphatic carbocycles. The van der Waals surface area contributed by atoms with Crippen molar-refractivity contribution in [1.29, 1.82) is 0 Å². The van der Waals surface area contributed by atoms with Crippen LogP contribution in [0, 0.1) is 0 Å². The fourth-order valence-electron chi connectivity index (χ4n) is 2.81. The van der Waals surface area contributed by atoms with Gasteiger partial charge in [-0.2, -0.15) is 0 Å². The minimum absolute atomic E-state index is 0.0822. The second-order valence-electron chi connectivity index (χ2n) is 5.55. The van der Waals surface area contributed by atoms with Crippen molar-refractivity contribution in [2.45, 2.75) is 12.3 Å². The first-order chi connectivity index (χ1) is 11.9. The number of hydrogen-bond donors (Lipinski definition) is 2. The summed E-state index contributed by atoms with van der Waals surface area (Å²) in [5.74, 6) is -2.57. The fraction of sp³-hybridized carbons (Fsp3) is 0.111. The van der Waals surface area contributed by atoms with Gasteiger partial charge in [0.2, 0.25) is 0 Å². The molecule has 0 saturated carbocycles. The maximum atomic E-state index is 12.7. The highest BCUT2D eigenvalue weighted by molar-refractivity contribution is 6.42. The fourth-order valence-corrected chi connectivity index (χ4v) is 3.84. The van der Waals surface area contributed by atoms with Crippen molar-refractivity contribution in [3.05, 3.63) is 68.8 Å². The second-order valence-corrected chi connectivity index (χ2v) is 6.80. The summed E-state index contributed by atoms with van der Waals surface area (Å²) in [4.78, 5) is 27.5. The van der Waals surface area contributed by atoms with Gasteiger partial charge in [0.25, 0.3) is 0 Å². The Morgan fingerprint density at radius 1 is 1.08 bits per heavy atom. The number of ketones is 1. The van der Waals surface area contributed by atoms with E-state index in [2.05, 4.69) is 4.98 Å². The molecule has 25 heavy (non-hydrogen) atoms. The summed E-state index contributed by atoms with van der Waals surface area (Å²) in [6.45, 7) is 0. The number of aromatic nitrogens is 1. The minimum atomic E-state index is -1.10. The molecule has 0 fully saturated rings. The van der Waals surface area contributed by atoms with Crippen molar-refractivity contribution >= 4 is 57.5 Å². The highest BCUT2D eigenvalue weighted by Gasteiger charge is 2.28. The number of fused-ring (bicyclic) bond motifs is 1. The Balaban J connectivity index is 1.98. The van der Waals surface area contributed by atoms with E-state index in [1.165, 1.54) is 12.1 Å². The summed E-state index contributed by atoms with van der Waals surface area (Å²) in [6.07, 6.45) is 1.35. The Morgan fingerprint density at radius 2 is 1.72 bits per heavy atom. The van der Waals surface area contributed by atoms with Crippen molar-refractivity contribution in [1.82, 2.24) is 4.98 Å². The van der Waals surface area contributed by atoms with Crippen LogP contribution in [0.3, 0.4) is 0 Å². The van der Waals surface area contributed by atoms with Crippen LogP contribution in [0.1, 0.15) is 28.3 Å². The first-order valence-corrected chi connectivity index (χ1v) is 8.48. The maximum absolute atomic E-state index is 12.7. The zero-order valence-corrected chi connectivity index (χ0v) is 15.0. The lowest BCUT2D eigenvalue weighted by Crippen LogP contribution is -2.16. The average molecular weight is 397 g/mol. The molecule has 1 aromatic heterocycles. The van der Waals surface area contributed by atoms with Gasteiger partial charge in [-0.05, 0) is 23.8 Å². The standard InChI is InChI=1S/C18H12Cl3NO3/c19-9-5-13(20)17(14(21)6-9)16(23)7-11(18(24)25)12-8-22-15-4-2-1-3-10(12)15/h1-6,8,11,22H,7H2,(H,24,25). The second kappa shape index (κ2) is 7.08. The molecular weight excluding hydrogens is 385 g/mol. The van der Waals surface area contributed by atoms with Crippen molar-refractivity contribution < 1.29 is 14.7 Å². The van der Waals surface area contributed by atoms with Gasteiger partial charge in [-0.3, -0.25) is 9.59 Å². The molecule has 2 aromatic carbocycles. The lowest BCUT2D eigenvalue weighted by Gasteiger charge is -2.13. The van der Waals surface area contributed by atoms with E-state index in [4.69, 9.17) is 34.8 Å². The third kappa shape index (κ3) is 3.52. The van der Waals surface area contributed by atoms with Crippen LogP contribution >= 0.6 is 34.8 Å². The predicted molar refractivity (Wildman–Crippen MR) is 99.1 cm³/mol. The lowest BCUT2D eigenvalue weighted by molar-refractivity contribution is -0.138. The van der Waals surface area contributed by atoms with Crippen LogP contribution in [-0.2, 0) is 4.79 Å². The smallest absolute Gasteiger partial charge is 0.311 e. The first kappa shape index (κ1) is 17.8. The summed E-state index contributed by atoms with van der Waals surface area (Å²) < 4.78 is 0. The van der Waals surface area contributed by atoms with Gasteiger partial charge in [0.05, 0.1) is 21.5 Å². The van der Waals surface area contributed by atoms with E-state index in [0.29, 0.717) is 10.6 Å². The van der Waals surface area contributed by atoms with E-state index in [1.807, 2.05) is 24.3 Å². The lowest BCUT2D eigenvalue weighted by atomic mass is 9.91. The van der Waals surface area contributed by atoms with Crippen LogP contribution in [0.2, 0.25) is 15.1 Å². The molecule has 2 N–H and O–H groups in total. The third-order valence-electron chi connectivity index (χ3n) is 3.97. The summed E-state index contributed by atoms with van der Waals surface area (Å²) >= 11 is 18.0. The number of para-hydroxylation sites is 1. The molecule has 0 aliphatic heterocycles. The molecule has 128 valence electrons. The number of Topliss-reactive ketones (excluding diaryl/α,β-unsaturated/α-hetero) is 1. The SMILES string of the molecule is O=C(CC(C(=O)O)c1c[nH]c2ccccc12)c1c(Cl)cc(Cl)cc1Cl. The largest absolute Gasteiger partial charge is 0.481 e. The van der Waals surface area contributed by atoms with Crippen molar-refractivity contribution in [2.24, 2.45) is 0 Å². The molecule has 1 atom stereocenters. The molecule has 1 unspecified atom stereocenters. The van der Waals surface area contributed by atoms with Crippen molar-refractivity contribution in [3.8, 4) is 0 Å². The monoisotopic (exact) mass is 395 g/mol. The molecule has 0 amide bonds. The van der Waals surface area contributed by atoms with Gasteiger partial charge in [-0.1, -0.05) is 53.0 Å². The van der Waals surface area contributed by atoms with E-state index in [1.54, 1.807) is 6.20 Å². The molecule has 7 heteroatoms. The quantitative estimate of drug-likeness (QED) is 0.554. The number of nitrogens with one attached hydrogen (secondary N) is 1. The van der Waals surface area contributed by atoms with Crippen LogP contribution in [-0.4, -0.2) is 21.8 Å². The summed E-state index contributed by atoms with van der Waals surface area (Å²) in [5.41, 5.74) is 1.43. The molecule has 4 nitrogen and oxygen atoms in total. The molecule has 3 rings (SSSR count). The normalized spacial score (nSPS) is 12.3. The molecule has 0 spiro atoms. The summed E-state index contributed by atoms with van der Waals surface area (Å²) in [5, 5.41) is 10.9. The Labute approximate surface area is 158 Å². The van der Waals surface area contributed by atoms with Crippen LogP contribution in [0.4, 0.5) is 0 Å². The third-order valence-corrected chi connectivity index (χ3v) is 4.78. The zero-order chi connectivity index (χ0) is 18.1. The van der Waals surface area contributed by atoms with Crippen LogP contribution < -0.4 is 0 Å². The highest BCUT2D eigenvalue weighted by Crippen LogP contribution is 2.34. The minimum Gasteiger partial charge on any atom is -0.481 e. The van der Waals surface area contributed by atoms with E-state index < -0.39 is 17.7 Å². The van der Waals surface area contributed by atoms with Crippen molar-refractivity contribution in [3.63, 3.8) is 0 Å². The molecule has 0 bridgehead atoms. The number of H-pyrrole nitrogens is 1. The molecular formula is C18H12Cl3NO3. The predicted octanol–water partition coefficient (Wildman–Crippen LogP) is 5.57. The first-order valence-electron chi connectivity index (χ1n) is 7.35. The number of aromatic amines is 1. The van der Waals surface area contributed by atoms with Gasteiger partial charge < -0.3 is 10.1 Å². The summed E-state index contributed by atoms with van der Waals surface area (Å²) in [7, 11) is 0. The maximum Gasteiger partial charge on any atom is 0.311 e. The van der Waals surface area contributed by atoms with E-state index >= 15 is 0 Å². The molecule has 0 radical (unpaired) electrons. The van der Waals surface area contributed by atoms with Gasteiger partial charge in [0.15, 0.2) is 5.78 Å². The number of hydrogen-bond acceptors (Lipinski definition) is 2. The number of carbonyl (C=O) groups is 2.